The van der Waals surface area contributed by atoms with Crippen LogP contribution in [-0.2, 0) is 9.59 Å². The summed E-state index contributed by atoms with van der Waals surface area (Å²) in [7, 11) is 0. The van der Waals surface area contributed by atoms with Crippen LogP contribution in [0, 0.1) is 5.92 Å². The molecule has 2 heterocycles. The maximum atomic E-state index is 11.9. The number of aliphatic imine (C=N–C) groups is 1. The summed E-state index contributed by atoms with van der Waals surface area (Å²) in [5.41, 5.74) is 0.828. The molecule has 4 heteroatoms. The number of thioether (sulfide) groups is 1. The highest BCUT2D eigenvalue weighted by molar-refractivity contribution is 8.15. The zero-order valence-corrected chi connectivity index (χ0v) is 9.43. The summed E-state index contributed by atoms with van der Waals surface area (Å²) in [5, 5.41) is 0.750. The molecular formula is C11H11NO2S. The first-order valence-electron chi connectivity index (χ1n) is 4.81. The number of carbonyl (C=O) groups excluding carboxylic acids is 2. The highest BCUT2D eigenvalue weighted by Gasteiger charge is 2.31. The monoisotopic (exact) mass is 221 g/mol. The van der Waals surface area contributed by atoms with Gasteiger partial charge in [0.15, 0.2) is 5.78 Å². The summed E-state index contributed by atoms with van der Waals surface area (Å²) in [5.74, 6) is 0.326. The van der Waals surface area contributed by atoms with E-state index >= 15 is 0 Å². The summed E-state index contributed by atoms with van der Waals surface area (Å²) < 4.78 is 0. The summed E-state index contributed by atoms with van der Waals surface area (Å²) >= 11 is 1.53. The van der Waals surface area contributed by atoms with Crippen molar-refractivity contribution in [2.75, 3.05) is 5.75 Å². The second kappa shape index (κ2) is 3.77. The van der Waals surface area contributed by atoms with Gasteiger partial charge in [0.05, 0.1) is 11.1 Å². The van der Waals surface area contributed by atoms with Gasteiger partial charge in [-0.15, -0.1) is 11.8 Å². The highest BCUT2D eigenvalue weighted by atomic mass is 32.2. The van der Waals surface area contributed by atoms with Crippen molar-refractivity contribution in [2.45, 2.75) is 13.8 Å². The first-order valence-corrected chi connectivity index (χ1v) is 5.80. The van der Waals surface area contributed by atoms with Crippen molar-refractivity contribution in [2.24, 2.45) is 10.9 Å². The van der Waals surface area contributed by atoms with Crippen LogP contribution in [0.3, 0.4) is 0 Å². The Balaban J connectivity index is 2.37. The maximum Gasteiger partial charge on any atom is 0.200 e. The third-order valence-electron chi connectivity index (χ3n) is 2.33. The number of ketones is 2. The molecule has 0 fully saturated rings. The van der Waals surface area contributed by atoms with Gasteiger partial charge in [-0.05, 0) is 0 Å². The van der Waals surface area contributed by atoms with Crippen LogP contribution < -0.4 is 0 Å². The van der Waals surface area contributed by atoms with E-state index in [0.717, 1.165) is 10.8 Å². The molecular weight excluding hydrogens is 210 g/mol. The van der Waals surface area contributed by atoms with E-state index in [0.29, 0.717) is 5.57 Å². The van der Waals surface area contributed by atoms with Gasteiger partial charge in [-0.25, -0.2) is 4.99 Å². The largest absolute Gasteiger partial charge is 0.294 e. The van der Waals surface area contributed by atoms with Gasteiger partial charge in [0, 0.05) is 17.9 Å². The average molecular weight is 221 g/mol. The number of rotatable bonds is 2. The molecule has 2 aliphatic rings. The predicted molar refractivity (Wildman–Crippen MR) is 60.9 cm³/mol. The van der Waals surface area contributed by atoms with E-state index in [1.54, 1.807) is 13.8 Å². The molecule has 3 nitrogen and oxygen atoms in total. The fraction of sp³-hybridized carbons (Fsp3) is 0.364. The SMILES string of the molecule is CC(C)C(=O)C1=CN=C2SCC=C2C1=O. The molecule has 0 saturated heterocycles. The van der Waals surface area contributed by atoms with Gasteiger partial charge in [0.2, 0.25) is 5.78 Å². The quantitative estimate of drug-likeness (QED) is 0.667. The lowest BCUT2D eigenvalue weighted by Crippen LogP contribution is -2.23. The van der Waals surface area contributed by atoms with Crippen LogP contribution in [-0.4, -0.2) is 22.4 Å². The van der Waals surface area contributed by atoms with Crippen LogP contribution >= 0.6 is 11.8 Å². The number of hydrogen-bond acceptors (Lipinski definition) is 4. The maximum absolute atomic E-state index is 11.9. The summed E-state index contributed by atoms with van der Waals surface area (Å²) in [4.78, 5) is 27.7. The minimum atomic E-state index is -0.163. The minimum absolute atomic E-state index is 0.124. The topological polar surface area (TPSA) is 46.5 Å². The molecule has 0 saturated carbocycles. The summed E-state index contributed by atoms with van der Waals surface area (Å²) in [6, 6.07) is 0. The molecule has 0 radical (unpaired) electrons. The van der Waals surface area contributed by atoms with Crippen LogP contribution in [0.4, 0.5) is 0 Å². The molecule has 0 unspecified atom stereocenters. The molecule has 0 aliphatic carbocycles. The van der Waals surface area contributed by atoms with Crippen molar-refractivity contribution in [3.63, 3.8) is 0 Å². The molecule has 2 rings (SSSR count). The first-order chi connectivity index (χ1) is 7.11. The predicted octanol–water partition coefficient (Wildman–Crippen LogP) is 1.75. The molecule has 0 spiro atoms. The van der Waals surface area contributed by atoms with E-state index in [2.05, 4.69) is 4.99 Å². The Morgan fingerprint density at radius 1 is 1.53 bits per heavy atom. The standard InChI is InChI=1S/C11H11NO2S/c1-6(2)9(13)8-5-12-11-7(10(8)14)3-4-15-11/h3,5-6H,4H2,1-2H3. The molecule has 0 amide bonds. The number of carbonyl (C=O) groups is 2. The third-order valence-corrected chi connectivity index (χ3v) is 3.26. The molecule has 0 aromatic rings. The Labute approximate surface area is 92.3 Å². The van der Waals surface area contributed by atoms with E-state index < -0.39 is 0 Å². The fourth-order valence-corrected chi connectivity index (χ4v) is 2.35. The van der Waals surface area contributed by atoms with Gasteiger partial charge >= 0.3 is 0 Å². The molecule has 0 aromatic carbocycles. The van der Waals surface area contributed by atoms with E-state index in [1.165, 1.54) is 18.0 Å². The van der Waals surface area contributed by atoms with Gasteiger partial charge in [-0.1, -0.05) is 19.9 Å². The zero-order chi connectivity index (χ0) is 11.0. The Kier molecular flexibility index (Phi) is 2.61. The molecule has 15 heavy (non-hydrogen) atoms. The van der Waals surface area contributed by atoms with Crippen LogP contribution in [0.25, 0.3) is 0 Å². The number of allylic oxidation sites excluding steroid dienone is 1. The van der Waals surface area contributed by atoms with E-state index in [9.17, 15) is 9.59 Å². The Hall–Kier alpha value is -1.16. The van der Waals surface area contributed by atoms with Crippen LogP contribution in [0.15, 0.2) is 28.4 Å². The van der Waals surface area contributed by atoms with Crippen molar-refractivity contribution in [1.82, 2.24) is 0 Å². The lowest BCUT2D eigenvalue weighted by Gasteiger charge is -2.12. The Morgan fingerprint density at radius 2 is 2.27 bits per heavy atom. The number of Topliss-reactive ketones (excluding diaryl/α,β-unsaturated/α-hetero) is 2. The third kappa shape index (κ3) is 1.69. The number of hydrogen-bond donors (Lipinski definition) is 0. The minimum Gasteiger partial charge on any atom is -0.294 e. The van der Waals surface area contributed by atoms with E-state index in [-0.39, 0.29) is 23.1 Å². The second-order valence-corrected chi connectivity index (χ2v) is 4.76. The number of fused-ring (bicyclic) bond motifs is 1. The number of nitrogens with zero attached hydrogens (tertiary/aromatic N) is 1. The van der Waals surface area contributed by atoms with Gasteiger partial charge < -0.3 is 0 Å². The lowest BCUT2D eigenvalue weighted by atomic mass is 9.94. The summed E-state index contributed by atoms with van der Waals surface area (Å²) in [6.45, 7) is 3.57. The normalized spacial score (nSPS) is 19.7. The molecule has 0 atom stereocenters. The van der Waals surface area contributed by atoms with Crippen molar-refractivity contribution in [3.05, 3.63) is 23.4 Å². The Bertz CT molecular complexity index is 430. The van der Waals surface area contributed by atoms with Crippen LogP contribution in [0.1, 0.15) is 13.8 Å². The van der Waals surface area contributed by atoms with E-state index in [1.807, 2.05) is 6.08 Å². The van der Waals surface area contributed by atoms with Gasteiger partial charge in [-0.2, -0.15) is 0 Å². The van der Waals surface area contributed by atoms with Gasteiger partial charge in [-0.3, -0.25) is 9.59 Å². The van der Waals surface area contributed by atoms with Gasteiger partial charge in [0.1, 0.15) is 5.04 Å². The lowest BCUT2D eigenvalue weighted by molar-refractivity contribution is -0.121. The summed E-state index contributed by atoms with van der Waals surface area (Å²) in [6.07, 6.45) is 3.25. The van der Waals surface area contributed by atoms with Crippen molar-refractivity contribution < 1.29 is 9.59 Å². The molecule has 0 bridgehead atoms. The molecule has 2 aliphatic heterocycles. The van der Waals surface area contributed by atoms with E-state index in [4.69, 9.17) is 0 Å². The molecule has 0 N–H and O–H groups in total. The van der Waals surface area contributed by atoms with Crippen molar-refractivity contribution in [3.8, 4) is 0 Å². The van der Waals surface area contributed by atoms with Gasteiger partial charge in [0.25, 0.3) is 0 Å². The van der Waals surface area contributed by atoms with Crippen molar-refractivity contribution >= 4 is 28.4 Å². The first kappa shape index (κ1) is 10.4. The molecule has 0 aromatic heterocycles. The fourth-order valence-electron chi connectivity index (χ4n) is 1.48. The highest BCUT2D eigenvalue weighted by Crippen LogP contribution is 2.28. The van der Waals surface area contributed by atoms with Crippen LogP contribution in [0.5, 0.6) is 0 Å². The smallest absolute Gasteiger partial charge is 0.200 e. The Morgan fingerprint density at radius 3 is 2.93 bits per heavy atom. The second-order valence-electron chi connectivity index (χ2n) is 3.75. The zero-order valence-electron chi connectivity index (χ0n) is 8.61. The van der Waals surface area contributed by atoms with Crippen molar-refractivity contribution in [1.29, 1.82) is 0 Å². The molecule has 78 valence electrons. The van der Waals surface area contributed by atoms with Crippen LogP contribution in [0.2, 0.25) is 0 Å². The average Bonchev–Trinajstić information content (AvgIpc) is 2.66.